The molecule has 0 unspecified atom stereocenters. The number of nitrogens with one attached hydrogen (secondary N) is 1. The molecule has 0 saturated heterocycles. The zero-order valence-corrected chi connectivity index (χ0v) is 20.4. The normalized spacial score (nSPS) is 11.5. The van der Waals surface area contributed by atoms with E-state index in [0.717, 1.165) is 32.3 Å². The van der Waals surface area contributed by atoms with Crippen molar-refractivity contribution >= 4 is 28.9 Å². The van der Waals surface area contributed by atoms with Gasteiger partial charge in [-0.2, -0.15) is 5.10 Å². The van der Waals surface area contributed by atoms with E-state index < -0.39 is 0 Å². The van der Waals surface area contributed by atoms with Crippen molar-refractivity contribution in [2.24, 2.45) is 7.05 Å². The first-order valence-corrected chi connectivity index (χ1v) is 11.7. The molecule has 0 fully saturated rings. The highest BCUT2D eigenvalue weighted by Gasteiger charge is 2.20. The van der Waals surface area contributed by atoms with E-state index in [9.17, 15) is 4.79 Å². The van der Waals surface area contributed by atoms with Gasteiger partial charge in [-0.25, -0.2) is 15.0 Å². The fourth-order valence-corrected chi connectivity index (χ4v) is 4.37. The highest BCUT2D eigenvalue weighted by molar-refractivity contribution is 7.13. The number of aryl methyl sites for hydroxylation is 3. The Kier molecular flexibility index (Phi) is 6.37. The third-order valence-corrected chi connectivity index (χ3v) is 6.76. The van der Waals surface area contributed by atoms with E-state index in [1.165, 1.54) is 11.3 Å². The summed E-state index contributed by atoms with van der Waals surface area (Å²) in [7, 11) is 1.86. The van der Waals surface area contributed by atoms with Crippen LogP contribution >= 0.6 is 11.3 Å². The van der Waals surface area contributed by atoms with Gasteiger partial charge in [0.05, 0.1) is 15.6 Å². The molecule has 0 aliphatic rings. The standard InChI is InChI=1S/C25H28N6OS/c1-16-14-18(19-10-12-26-24(28-19)29-22-11-13-31(5)30-22)7-6-17(16)8-9-20(32)21-15-27-23(33-21)25(2,3)4/h6-7,10-15H,8-9H2,1-5H3,(H,26,28,29,30). The number of Topliss-reactive ketones (excluding diaryl/α,β-unsaturated/α-hetero) is 1. The summed E-state index contributed by atoms with van der Waals surface area (Å²) in [5.41, 5.74) is 4.09. The van der Waals surface area contributed by atoms with Gasteiger partial charge in [0.25, 0.3) is 0 Å². The Morgan fingerprint density at radius 3 is 2.64 bits per heavy atom. The van der Waals surface area contributed by atoms with Crippen LogP contribution in [0.1, 0.15) is 53.0 Å². The summed E-state index contributed by atoms with van der Waals surface area (Å²) in [5, 5.41) is 8.42. The van der Waals surface area contributed by atoms with Crippen molar-refractivity contribution in [2.45, 2.75) is 46.0 Å². The van der Waals surface area contributed by atoms with Crippen molar-refractivity contribution < 1.29 is 4.79 Å². The Bertz CT molecular complexity index is 1280. The van der Waals surface area contributed by atoms with Gasteiger partial charge >= 0.3 is 0 Å². The lowest BCUT2D eigenvalue weighted by molar-refractivity contribution is 0.0986. The number of hydrogen-bond donors (Lipinski definition) is 1. The number of thiazole rings is 1. The summed E-state index contributed by atoms with van der Waals surface area (Å²) in [5.74, 6) is 1.34. The van der Waals surface area contributed by atoms with Crippen LogP contribution in [0.2, 0.25) is 0 Å². The van der Waals surface area contributed by atoms with E-state index >= 15 is 0 Å². The Morgan fingerprint density at radius 2 is 1.97 bits per heavy atom. The summed E-state index contributed by atoms with van der Waals surface area (Å²) in [6.07, 6.45) is 6.48. The zero-order valence-electron chi connectivity index (χ0n) is 19.6. The lowest BCUT2D eigenvalue weighted by Gasteiger charge is -2.13. The Balaban J connectivity index is 1.43. The van der Waals surface area contributed by atoms with Crippen LogP contribution in [0, 0.1) is 6.92 Å². The van der Waals surface area contributed by atoms with Gasteiger partial charge in [-0.05, 0) is 36.6 Å². The van der Waals surface area contributed by atoms with Crippen LogP contribution < -0.4 is 5.32 Å². The lowest BCUT2D eigenvalue weighted by atomic mass is 9.98. The SMILES string of the molecule is Cc1cc(-c2ccnc(Nc3ccn(C)n3)n2)ccc1CCC(=O)c1cnc(C(C)(C)C)s1. The second-order valence-corrected chi connectivity index (χ2v) is 10.1. The molecule has 8 heteroatoms. The molecule has 1 N–H and O–H groups in total. The van der Waals surface area contributed by atoms with Crippen molar-refractivity contribution in [3.8, 4) is 11.3 Å². The van der Waals surface area contributed by atoms with Crippen molar-refractivity contribution in [1.29, 1.82) is 0 Å². The van der Waals surface area contributed by atoms with Gasteiger partial charge in [0.15, 0.2) is 11.6 Å². The molecule has 0 saturated carbocycles. The van der Waals surface area contributed by atoms with Gasteiger partial charge in [-0.3, -0.25) is 9.48 Å². The van der Waals surface area contributed by atoms with E-state index in [4.69, 9.17) is 0 Å². The summed E-state index contributed by atoms with van der Waals surface area (Å²) in [6.45, 7) is 8.41. The molecule has 0 aliphatic heterocycles. The number of nitrogens with zero attached hydrogens (tertiary/aromatic N) is 5. The predicted octanol–water partition coefficient (Wildman–Crippen LogP) is 5.50. The molecular weight excluding hydrogens is 432 g/mol. The fourth-order valence-electron chi connectivity index (χ4n) is 3.43. The second-order valence-electron chi connectivity index (χ2n) is 9.11. The zero-order chi connectivity index (χ0) is 23.6. The van der Waals surface area contributed by atoms with Gasteiger partial charge in [0, 0.05) is 49.1 Å². The molecule has 0 amide bonds. The average molecular weight is 461 g/mol. The number of benzene rings is 1. The van der Waals surface area contributed by atoms with E-state index in [2.05, 4.69) is 65.2 Å². The van der Waals surface area contributed by atoms with E-state index in [1.807, 2.05) is 31.4 Å². The van der Waals surface area contributed by atoms with E-state index in [0.29, 0.717) is 24.6 Å². The van der Waals surface area contributed by atoms with Gasteiger partial charge in [-0.15, -0.1) is 11.3 Å². The minimum atomic E-state index is -0.0381. The number of aromatic nitrogens is 5. The van der Waals surface area contributed by atoms with Crippen LogP contribution in [-0.2, 0) is 18.9 Å². The maximum absolute atomic E-state index is 12.7. The maximum Gasteiger partial charge on any atom is 0.228 e. The summed E-state index contributed by atoms with van der Waals surface area (Å²) < 4.78 is 1.72. The number of carbonyl (C=O) groups is 1. The second kappa shape index (κ2) is 9.23. The molecule has 3 heterocycles. The third-order valence-electron chi connectivity index (χ3n) is 5.29. The first-order valence-electron chi connectivity index (χ1n) is 10.9. The number of carbonyl (C=O) groups excluding carboxylic acids is 1. The first kappa shape index (κ1) is 22.8. The number of anilines is 2. The molecule has 0 aliphatic carbocycles. The van der Waals surface area contributed by atoms with Crippen molar-refractivity contribution in [2.75, 3.05) is 5.32 Å². The summed E-state index contributed by atoms with van der Waals surface area (Å²) in [4.78, 5) is 26.8. The first-order chi connectivity index (χ1) is 15.7. The van der Waals surface area contributed by atoms with Crippen LogP contribution in [-0.4, -0.2) is 30.5 Å². The van der Waals surface area contributed by atoms with Crippen molar-refractivity contribution in [3.05, 3.63) is 69.9 Å². The molecule has 170 valence electrons. The van der Waals surface area contributed by atoms with Gasteiger partial charge in [-0.1, -0.05) is 32.9 Å². The smallest absolute Gasteiger partial charge is 0.228 e. The molecule has 4 rings (SSSR count). The summed E-state index contributed by atoms with van der Waals surface area (Å²) >= 11 is 1.50. The average Bonchev–Trinajstić information content (AvgIpc) is 3.42. The molecule has 3 aromatic heterocycles. The summed E-state index contributed by atoms with van der Waals surface area (Å²) in [6, 6.07) is 9.99. The van der Waals surface area contributed by atoms with Crippen LogP contribution in [0.25, 0.3) is 11.3 Å². The van der Waals surface area contributed by atoms with Crippen molar-refractivity contribution in [3.63, 3.8) is 0 Å². The quantitative estimate of drug-likeness (QED) is 0.367. The molecule has 7 nitrogen and oxygen atoms in total. The van der Waals surface area contributed by atoms with Gasteiger partial charge < -0.3 is 5.32 Å². The number of rotatable bonds is 7. The molecule has 0 radical (unpaired) electrons. The minimum absolute atomic E-state index is 0.0381. The Labute approximate surface area is 198 Å². The molecule has 0 atom stereocenters. The molecular formula is C25H28N6OS. The van der Waals surface area contributed by atoms with Crippen molar-refractivity contribution in [1.82, 2.24) is 24.7 Å². The van der Waals surface area contributed by atoms with Gasteiger partial charge in [0.1, 0.15) is 0 Å². The van der Waals surface area contributed by atoms with Gasteiger partial charge in [0.2, 0.25) is 5.95 Å². The maximum atomic E-state index is 12.7. The topological polar surface area (TPSA) is 85.6 Å². The number of hydrogen-bond acceptors (Lipinski definition) is 7. The monoisotopic (exact) mass is 460 g/mol. The Hall–Kier alpha value is -3.39. The molecule has 1 aromatic carbocycles. The molecule has 4 aromatic rings. The molecule has 33 heavy (non-hydrogen) atoms. The van der Waals surface area contributed by atoms with E-state index in [1.54, 1.807) is 17.1 Å². The third kappa shape index (κ3) is 5.51. The lowest BCUT2D eigenvalue weighted by Crippen LogP contribution is -2.09. The highest BCUT2D eigenvalue weighted by atomic mass is 32.1. The largest absolute Gasteiger partial charge is 0.307 e. The highest BCUT2D eigenvalue weighted by Crippen LogP contribution is 2.28. The predicted molar refractivity (Wildman–Crippen MR) is 132 cm³/mol. The van der Waals surface area contributed by atoms with Crippen LogP contribution in [0.3, 0.4) is 0 Å². The van der Waals surface area contributed by atoms with E-state index in [-0.39, 0.29) is 11.2 Å². The minimum Gasteiger partial charge on any atom is -0.307 e. The van der Waals surface area contributed by atoms with Crippen LogP contribution in [0.4, 0.5) is 11.8 Å². The fraction of sp³-hybridized carbons (Fsp3) is 0.320. The number of ketones is 1. The van der Waals surface area contributed by atoms with Crippen LogP contribution in [0.15, 0.2) is 48.9 Å². The Morgan fingerprint density at radius 1 is 1.15 bits per heavy atom. The van der Waals surface area contributed by atoms with Crippen LogP contribution in [0.5, 0.6) is 0 Å². The molecule has 0 bridgehead atoms. The molecule has 0 spiro atoms.